The highest BCUT2D eigenvalue weighted by Crippen LogP contribution is 2.36. The van der Waals surface area contributed by atoms with E-state index in [1.165, 1.54) is 15.8 Å². The van der Waals surface area contributed by atoms with Crippen LogP contribution in [0.15, 0.2) is 66.0 Å². The van der Waals surface area contributed by atoms with Gasteiger partial charge in [0.15, 0.2) is 0 Å². The van der Waals surface area contributed by atoms with E-state index in [4.69, 9.17) is 4.74 Å². The summed E-state index contributed by atoms with van der Waals surface area (Å²) in [6.07, 6.45) is 3.39. The normalized spacial score (nSPS) is 16.2. The number of rotatable bonds is 6. The smallest absolute Gasteiger partial charge is 0.223 e. The highest BCUT2D eigenvalue weighted by Gasteiger charge is 2.30. The molecule has 0 saturated carbocycles. The molecule has 1 N–H and O–H groups in total. The molecule has 0 aliphatic carbocycles. The summed E-state index contributed by atoms with van der Waals surface area (Å²) in [5, 5.41) is 3.29. The quantitative estimate of drug-likeness (QED) is 0.396. The molecule has 0 spiro atoms. The fourth-order valence-corrected chi connectivity index (χ4v) is 5.55. The lowest BCUT2D eigenvalue weighted by molar-refractivity contribution is -0.132. The number of carbonyl (C=O) groups is 1. The third-order valence-corrected chi connectivity index (χ3v) is 7.20. The van der Waals surface area contributed by atoms with Crippen LogP contribution in [-0.4, -0.2) is 29.4 Å². The van der Waals surface area contributed by atoms with Gasteiger partial charge < -0.3 is 14.6 Å². The lowest BCUT2D eigenvalue weighted by Gasteiger charge is -2.24. The minimum atomic E-state index is 0.247. The molecule has 0 unspecified atom stereocenters. The minimum absolute atomic E-state index is 0.247. The van der Waals surface area contributed by atoms with Crippen LogP contribution in [0.2, 0.25) is 0 Å². The predicted octanol–water partition coefficient (Wildman–Crippen LogP) is 6.20. The number of nitrogens with zero attached hydrogens (tertiary/aromatic N) is 1. The molecule has 4 nitrogen and oxygen atoms in total. The van der Waals surface area contributed by atoms with E-state index in [0.717, 1.165) is 48.3 Å². The topological polar surface area (TPSA) is 45.3 Å². The summed E-state index contributed by atoms with van der Waals surface area (Å²) in [4.78, 5) is 20.2. The summed E-state index contributed by atoms with van der Waals surface area (Å²) in [6.45, 7) is 0.862. The van der Waals surface area contributed by atoms with E-state index in [-0.39, 0.29) is 11.9 Å². The Hall–Kier alpha value is -3.05. The molecule has 4 aromatic rings. The third-order valence-electron chi connectivity index (χ3n) is 6.23. The van der Waals surface area contributed by atoms with E-state index in [1.807, 2.05) is 18.2 Å². The number of methoxy groups -OCH3 is 1. The second-order valence-electron chi connectivity index (χ2n) is 8.01. The number of aryl methyl sites for hydroxylation is 1. The monoisotopic (exact) mass is 430 g/mol. The van der Waals surface area contributed by atoms with Crippen molar-refractivity contribution in [1.29, 1.82) is 0 Å². The van der Waals surface area contributed by atoms with Gasteiger partial charge in [-0.1, -0.05) is 24.3 Å². The second kappa shape index (κ2) is 8.60. The molecule has 1 atom stereocenters. The molecule has 2 aromatic carbocycles. The first-order chi connectivity index (χ1) is 15.2. The van der Waals surface area contributed by atoms with Crippen LogP contribution >= 0.6 is 11.3 Å². The van der Waals surface area contributed by atoms with Gasteiger partial charge in [-0.3, -0.25) is 4.79 Å². The molecular weight excluding hydrogens is 404 g/mol. The van der Waals surface area contributed by atoms with Gasteiger partial charge in [0.25, 0.3) is 0 Å². The number of hydrogen-bond donors (Lipinski definition) is 1. The van der Waals surface area contributed by atoms with Crippen LogP contribution in [0.4, 0.5) is 0 Å². The van der Waals surface area contributed by atoms with Gasteiger partial charge in [0, 0.05) is 34.4 Å². The number of thiophene rings is 1. The number of nitrogens with one attached hydrogen (secondary N) is 1. The molecule has 1 fully saturated rings. The molecule has 5 rings (SSSR count). The van der Waals surface area contributed by atoms with Gasteiger partial charge in [-0.25, -0.2) is 0 Å². The number of benzene rings is 2. The number of H-pyrrole nitrogens is 1. The molecule has 0 bridgehead atoms. The molecule has 158 valence electrons. The Labute approximate surface area is 186 Å². The number of ether oxygens (including phenoxy) is 1. The maximum atomic E-state index is 13.2. The van der Waals surface area contributed by atoms with Crippen molar-refractivity contribution >= 4 is 28.1 Å². The summed E-state index contributed by atoms with van der Waals surface area (Å²) < 4.78 is 5.31. The van der Waals surface area contributed by atoms with Crippen molar-refractivity contribution in [2.24, 2.45) is 0 Å². The lowest BCUT2D eigenvalue weighted by Crippen LogP contribution is -2.30. The molecule has 5 heteroatoms. The zero-order valence-electron chi connectivity index (χ0n) is 17.6. The van der Waals surface area contributed by atoms with Crippen LogP contribution < -0.4 is 4.74 Å². The summed E-state index contributed by atoms with van der Waals surface area (Å²) >= 11 is 1.75. The van der Waals surface area contributed by atoms with E-state index >= 15 is 0 Å². The maximum Gasteiger partial charge on any atom is 0.223 e. The lowest BCUT2D eigenvalue weighted by atomic mass is 10.0. The van der Waals surface area contributed by atoms with E-state index < -0.39 is 0 Å². The number of fused-ring (bicyclic) bond motifs is 1. The fourth-order valence-electron chi connectivity index (χ4n) is 4.68. The van der Waals surface area contributed by atoms with Crippen molar-refractivity contribution < 1.29 is 9.53 Å². The number of carbonyl (C=O) groups excluding carboxylic acids is 1. The third kappa shape index (κ3) is 3.86. The van der Waals surface area contributed by atoms with Crippen molar-refractivity contribution in [2.45, 2.75) is 31.7 Å². The first kappa shape index (κ1) is 19.9. The second-order valence-corrected chi connectivity index (χ2v) is 8.99. The highest BCUT2D eigenvalue weighted by atomic mass is 32.1. The zero-order valence-corrected chi connectivity index (χ0v) is 18.5. The van der Waals surface area contributed by atoms with Crippen LogP contribution in [0.25, 0.3) is 22.2 Å². The molecule has 31 heavy (non-hydrogen) atoms. The Morgan fingerprint density at radius 3 is 2.74 bits per heavy atom. The number of aromatic nitrogens is 1. The minimum Gasteiger partial charge on any atom is -0.497 e. The van der Waals surface area contributed by atoms with Gasteiger partial charge in [0.1, 0.15) is 5.75 Å². The van der Waals surface area contributed by atoms with Gasteiger partial charge in [0.05, 0.1) is 13.2 Å². The van der Waals surface area contributed by atoms with Crippen LogP contribution in [0.1, 0.15) is 35.7 Å². The molecule has 1 aliphatic rings. The van der Waals surface area contributed by atoms with Crippen LogP contribution in [-0.2, 0) is 11.2 Å². The number of hydrogen-bond acceptors (Lipinski definition) is 3. The number of amides is 1. The van der Waals surface area contributed by atoms with E-state index in [0.29, 0.717) is 6.42 Å². The number of para-hydroxylation sites is 1. The van der Waals surface area contributed by atoms with Crippen molar-refractivity contribution in [2.75, 3.05) is 13.7 Å². The molecule has 1 saturated heterocycles. The summed E-state index contributed by atoms with van der Waals surface area (Å²) in [5.41, 5.74) is 4.51. The Bertz CT molecular complexity index is 1180. The van der Waals surface area contributed by atoms with Gasteiger partial charge in [-0.15, -0.1) is 11.3 Å². The highest BCUT2D eigenvalue weighted by molar-refractivity contribution is 7.10. The fraction of sp³-hybridized carbons (Fsp3) is 0.269. The molecule has 2 aromatic heterocycles. The van der Waals surface area contributed by atoms with Crippen LogP contribution in [0, 0.1) is 0 Å². The number of aromatic amines is 1. The Morgan fingerprint density at radius 1 is 1.13 bits per heavy atom. The molecule has 0 radical (unpaired) electrons. The standard InChI is InChI=1S/C26H26N2O2S/c1-30-19-12-10-18(11-13-19)26-21(20-6-2-3-7-22(20)27-26)14-15-25(29)28-16-4-8-23(28)24-9-5-17-31-24/h2-3,5-7,9-13,17,23,27H,4,8,14-16H2,1H3/t23-/m1/s1. The van der Waals surface area contributed by atoms with Crippen molar-refractivity contribution in [3.05, 3.63) is 76.5 Å². The molecule has 1 aliphatic heterocycles. The maximum absolute atomic E-state index is 13.2. The van der Waals surface area contributed by atoms with Gasteiger partial charge in [-0.2, -0.15) is 0 Å². The van der Waals surface area contributed by atoms with E-state index in [9.17, 15) is 4.79 Å². The first-order valence-corrected chi connectivity index (χ1v) is 11.7. The molecular formula is C26H26N2O2S. The average molecular weight is 431 g/mol. The Morgan fingerprint density at radius 2 is 1.97 bits per heavy atom. The number of likely N-dealkylation sites (tertiary alicyclic amines) is 1. The average Bonchev–Trinajstić information content (AvgIpc) is 3.57. The summed E-state index contributed by atoms with van der Waals surface area (Å²) in [7, 11) is 1.68. The van der Waals surface area contributed by atoms with Crippen LogP contribution in [0.5, 0.6) is 5.75 Å². The van der Waals surface area contributed by atoms with Gasteiger partial charge in [0.2, 0.25) is 5.91 Å². The Balaban J connectivity index is 1.41. The van der Waals surface area contributed by atoms with E-state index in [1.54, 1.807) is 18.4 Å². The Kier molecular flexibility index (Phi) is 5.51. The zero-order chi connectivity index (χ0) is 21.2. The van der Waals surface area contributed by atoms with Crippen molar-refractivity contribution in [3.8, 4) is 17.0 Å². The van der Waals surface area contributed by atoms with Gasteiger partial charge in [-0.05, 0) is 72.2 Å². The van der Waals surface area contributed by atoms with Crippen LogP contribution in [0.3, 0.4) is 0 Å². The summed E-state index contributed by atoms with van der Waals surface area (Å²) in [5.74, 6) is 1.09. The van der Waals surface area contributed by atoms with Gasteiger partial charge >= 0.3 is 0 Å². The SMILES string of the molecule is COc1ccc(-c2[nH]c3ccccc3c2CCC(=O)N2CCC[C@@H]2c2cccs2)cc1. The molecule has 3 heterocycles. The van der Waals surface area contributed by atoms with E-state index in [2.05, 4.69) is 57.7 Å². The predicted molar refractivity (Wildman–Crippen MR) is 127 cm³/mol. The van der Waals surface area contributed by atoms with Crippen molar-refractivity contribution in [3.63, 3.8) is 0 Å². The largest absolute Gasteiger partial charge is 0.497 e. The van der Waals surface area contributed by atoms with Crippen molar-refractivity contribution in [1.82, 2.24) is 9.88 Å². The summed E-state index contributed by atoms with van der Waals surface area (Å²) in [6, 6.07) is 20.9. The molecule has 1 amide bonds. The first-order valence-electron chi connectivity index (χ1n) is 10.8.